The topological polar surface area (TPSA) is 54.8 Å². The number of thiocarbonyl (C=S) groups is 1. The Labute approximate surface area is 254 Å². The first-order chi connectivity index (χ1) is 19.9. The molecule has 2 fully saturated rings. The zero-order valence-electron chi connectivity index (χ0n) is 23.7. The van der Waals surface area contributed by atoms with Crippen molar-refractivity contribution >= 4 is 67.9 Å². The van der Waals surface area contributed by atoms with Crippen molar-refractivity contribution in [3.05, 3.63) is 73.1 Å². The molecule has 1 aromatic heterocycles. The van der Waals surface area contributed by atoms with E-state index in [1.165, 1.54) is 59.3 Å². The van der Waals surface area contributed by atoms with Gasteiger partial charge in [-0.15, -0.1) is 11.3 Å². The van der Waals surface area contributed by atoms with E-state index in [0.29, 0.717) is 43.5 Å². The van der Waals surface area contributed by atoms with E-state index in [1.54, 1.807) is 16.6 Å². The van der Waals surface area contributed by atoms with Crippen LogP contribution in [-0.4, -0.2) is 39.4 Å². The molecule has 1 saturated heterocycles. The Balaban J connectivity index is 1.38. The van der Waals surface area contributed by atoms with Crippen molar-refractivity contribution in [2.24, 2.45) is 0 Å². The highest BCUT2D eigenvalue weighted by molar-refractivity contribution is 8.30. The van der Waals surface area contributed by atoms with Crippen molar-refractivity contribution in [2.75, 3.05) is 18.6 Å². The number of thioether (sulfide) groups is 1. The van der Waals surface area contributed by atoms with E-state index in [1.807, 2.05) is 25.1 Å². The molecule has 6 nitrogen and oxygen atoms in total. The molecule has 3 aliphatic rings. The molecule has 0 N–H and O–H groups in total. The van der Waals surface area contributed by atoms with Crippen molar-refractivity contribution in [1.29, 1.82) is 0 Å². The van der Waals surface area contributed by atoms with Crippen molar-refractivity contribution in [3.8, 4) is 5.75 Å². The van der Waals surface area contributed by atoms with Gasteiger partial charge in [0.05, 0.1) is 11.6 Å². The van der Waals surface area contributed by atoms with Gasteiger partial charge in [0, 0.05) is 36.4 Å². The second kappa shape index (κ2) is 11.8. The third-order valence-electron chi connectivity index (χ3n) is 8.42. The number of rotatable bonds is 8. The van der Waals surface area contributed by atoms with Gasteiger partial charge < -0.3 is 9.64 Å². The molecule has 214 valence electrons. The minimum atomic E-state index is -0.0745. The largest absolute Gasteiger partial charge is 0.497 e. The fraction of sp³-hybridized carbons (Fsp3) is 0.406. The lowest BCUT2D eigenvalue weighted by molar-refractivity contribution is -0.120. The van der Waals surface area contributed by atoms with Gasteiger partial charge in [0.2, 0.25) is 0 Å². The maximum Gasteiger partial charge on any atom is 0.269 e. The number of hydrogen-bond acceptors (Lipinski definition) is 7. The summed E-state index contributed by atoms with van der Waals surface area (Å²) in [6.45, 7) is 5.23. The fourth-order valence-corrected chi connectivity index (χ4v) is 9.04. The lowest BCUT2D eigenvalue weighted by Gasteiger charge is -2.27. The van der Waals surface area contributed by atoms with Crippen LogP contribution in [0.25, 0.3) is 11.0 Å². The normalized spacial score (nSPS) is 21.7. The summed E-state index contributed by atoms with van der Waals surface area (Å²) < 4.78 is 9.04. The molecule has 9 heteroatoms. The van der Waals surface area contributed by atoms with E-state index in [4.69, 9.17) is 17.0 Å². The molecular weight excluding hydrogens is 571 g/mol. The highest BCUT2D eigenvalue weighted by Gasteiger charge is 2.42. The lowest BCUT2D eigenvalue weighted by Crippen LogP contribution is -2.33. The Morgan fingerprint density at radius 3 is 2.61 bits per heavy atom. The molecule has 6 rings (SSSR count). The van der Waals surface area contributed by atoms with Gasteiger partial charge in [0.25, 0.3) is 11.5 Å². The van der Waals surface area contributed by atoms with Gasteiger partial charge in [-0.1, -0.05) is 56.2 Å². The highest BCUT2D eigenvalue weighted by Crippen LogP contribution is 2.52. The lowest BCUT2D eigenvalue weighted by atomic mass is 9.96. The number of nitrogens with zero attached hydrogens (tertiary/aromatic N) is 3. The summed E-state index contributed by atoms with van der Waals surface area (Å²) in [7, 11) is 1.69. The average Bonchev–Trinajstić information content (AvgIpc) is 3.72. The molecular formula is C32H35N3O3S3. The second-order valence-corrected chi connectivity index (χ2v) is 13.5. The minimum Gasteiger partial charge on any atom is -0.497 e. The van der Waals surface area contributed by atoms with E-state index in [-0.39, 0.29) is 11.5 Å². The Bertz CT molecular complexity index is 1670. The van der Waals surface area contributed by atoms with Crippen molar-refractivity contribution in [2.45, 2.75) is 70.9 Å². The van der Waals surface area contributed by atoms with E-state index >= 15 is 0 Å². The third-order valence-corrected chi connectivity index (χ3v) is 11.1. The summed E-state index contributed by atoms with van der Waals surface area (Å²) in [5.41, 5.74) is 4.76. The molecule has 2 unspecified atom stereocenters. The molecule has 2 atom stereocenters. The molecule has 0 radical (unpaired) electrons. The predicted octanol–water partition coefficient (Wildman–Crippen LogP) is 5.71. The molecule has 0 spiro atoms. The molecule has 2 aromatic carbocycles. The summed E-state index contributed by atoms with van der Waals surface area (Å²) in [6.07, 6.45) is 8.62. The number of amides is 1. The maximum absolute atomic E-state index is 13.5. The number of methoxy groups -OCH3 is 1. The van der Waals surface area contributed by atoms with Crippen LogP contribution < -0.4 is 24.4 Å². The Hall–Kier alpha value is -2.88. The van der Waals surface area contributed by atoms with Crippen LogP contribution in [0.5, 0.6) is 5.75 Å². The smallest absolute Gasteiger partial charge is 0.269 e. The van der Waals surface area contributed by atoms with Crippen molar-refractivity contribution in [3.63, 3.8) is 0 Å². The van der Waals surface area contributed by atoms with Gasteiger partial charge in [-0.05, 0) is 79.8 Å². The number of anilines is 2. The summed E-state index contributed by atoms with van der Waals surface area (Å²) >= 11 is 8.28. The summed E-state index contributed by atoms with van der Waals surface area (Å²) in [6, 6.07) is 15.4. The summed E-state index contributed by atoms with van der Waals surface area (Å²) in [5, 5.41) is 0. The Kier molecular flexibility index (Phi) is 8.12. The molecule has 1 aliphatic carbocycles. The van der Waals surface area contributed by atoms with Gasteiger partial charge in [-0.2, -0.15) is 0 Å². The number of ether oxygens (including phenoxy) is 1. The van der Waals surface area contributed by atoms with Gasteiger partial charge in [0.1, 0.15) is 19.6 Å². The van der Waals surface area contributed by atoms with Crippen LogP contribution in [0, 0.1) is 0 Å². The highest BCUT2D eigenvalue weighted by atomic mass is 32.2. The van der Waals surface area contributed by atoms with Crippen LogP contribution in [0.1, 0.15) is 69.4 Å². The minimum absolute atomic E-state index is 0.0529. The number of thiazole rings is 1. The molecule has 41 heavy (non-hydrogen) atoms. The monoisotopic (exact) mass is 605 g/mol. The quantitative estimate of drug-likeness (QED) is 0.242. The van der Waals surface area contributed by atoms with E-state index in [0.717, 1.165) is 30.6 Å². The number of carbonyl (C=O) groups excluding carboxylic acids is 1. The van der Waals surface area contributed by atoms with E-state index < -0.39 is 0 Å². The summed E-state index contributed by atoms with van der Waals surface area (Å²) in [5.74, 6) is 1.26. The van der Waals surface area contributed by atoms with Crippen LogP contribution in [-0.2, 0) is 11.3 Å². The van der Waals surface area contributed by atoms with Crippen LogP contribution in [0.2, 0.25) is 0 Å². The van der Waals surface area contributed by atoms with Gasteiger partial charge in [0.15, 0.2) is 0 Å². The summed E-state index contributed by atoms with van der Waals surface area (Å²) in [4.78, 5) is 31.6. The Morgan fingerprint density at radius 1 is 1.07 bits per heavy atom. The Morgan fingerprint density at radius 2 is 1.88 bits per heavy atom. The van der Waals surface area contributed by atoms with Crippen LogP contribution in [0.15, 0.2) is 47.3 Å². The molecule has 3 heterocycles. The van der Waals surface area contributed by atoms with Gasteiger partial charge in [-0.25, -0.2) is 0 Å². The molecule has 3 aromatic rings. The zero-order valence-corrected chi connectivity index (χ0v) is 26.2. The average molecular weight is 606 g/mol. The number of carbonyl (C=O) groups is 1. The van der Waals surface area contributed by atoms with Crippen molar-refractivity contribution in [1.82, 2.24) is 9.47 Å². The maximum atomic E-state index is 13.5. The van der Waals surface area contributed by atoms with Gasteiger partial charge in [-0.3, -0.25) is 19.1 Å². The molecule has 0 bridgehead atoms. The zero-order chi connectivity index (χ0) is 28.7. The van der Waals surface area contributed by atoms with Crippen LogP contribution in [0.3, 0.4) is 0 Å². The molecule has 1 amide bonds. The van der Waals surface area contributed by atoms with Crippen LogP contribution >= 0.6 is 35.3 Å². The number of hydrogen-bond donors (Lipinski definition) is 0. The first kappa shape index (κ1) is 28.2. The number of aromatic nitrogens is 1. The van der Waals surface area contributed by atoms with Crippen molar-refractivity contribution < 1.29 is 9.53 Å². The fourth-order valence-electron chi connectivity index (χ4n) is 6.41. The standard InChI is InChI=1S/C32H35N3O3S3/c1-4-6-7-17-34-30(37)28(41-32(34)39)31-33(5-2)29(36)27(40-31)19-20-11-16-26-24(18-20)23-9-8-10-25(23)35(26)21-12-14-22(38-3)15-13-21/h11-16,18-19,23,25H,4-10,17H2,1-3H3. The SMILES string of the molecule is CCCCCN1C(=O)C(=c2sc(=Cc3ccc4c(c3)C3CCCC3N4c3ccc(OC)cc3)c(=O)n2CC)SC1=S. The third kappa shape index (κ3) is 5.06. The first-order valence-corrected chi connectivity index (χ1v) is 16.6. The van der Waals surface area contributed by atoms with E-state index in [9.17, 15) is 9.59 Å². The van der Waals surface area contributed by atoms with Gasteiger partial charge >= 0.3 is 0 Å². The number of benzene rings is 2. The second-order valence-electron chi connectivity index (χ2n) is 10.8. The molecule has 1 saturated carbocycles. The number of fused-ring (bicyclic) bond motifs is 3. The first-order valence-electron chi connectivity index (χ1n) is 14.5. The van der Waals surface area contributed by atoms with Crippen LogP contribution in [0.4, 0.5) is 11.4 Å². The molecule has 2 aliphatic heterocycles. The number of unbranched alkanes of at least 4 members (excludes halogenated alkanes) is 2. The van der Waals surface area contributed by atoms with E-state index in [2.05, 4.69) is 42.2 Å². The predicted molar refractivity (Wildman–Crippen MR) is 174 cm³/mol.